The van der Waals surface area contributed by atoms with Crippen LogP contribution in [0.1, 0.15) is 89.9 Å². The number of nitrogens with zero attached hydrogens (tertiary/aromatic N) is 2. The first-order valence-corrected chi connectivity index (χ1v) is 26.1. The molecule has 0 saturated heterocycles. The van der Waals surface area contributed by atoms with Crippen molar-refractivity contribution in [3.05, 3.63) is 276 Å². The zero-order valence-corrected chi connectivity index (χ0v) is 44.3. The fraction of sp³-hybridized carbons (Fsp3) is 0.115. The normalized spacial score (nSPS) is 17.7. The van der Waals surface area contributed by atoms with Gasteiger partial charge in [-0.2, -0.15) is 0 Å². The molecule has 10 bridgehead atoms. The van der Waals surface area contributed by atoms with Crippen LogP contribution in [0.3, 0.4) is 0 Å². The second-order valence-corrected chi connectivity index (χ2v) is 21.9. The Bertz CT molecular complexity index is 4110. The Morgan fingerprint density at radius 3 is 0.938 bits per heavy atom. The van der Waals surface area contributed by atoms with Gasteiger partial charge in [0.25, 0.3) is 0 Å². The number of hydrogen-bond acceptors (Lipinski definition) is 2. The van der Waals surface area contributed by atoms with E-state index in [0.717, 1.165) is 57.7 Å². The summed E-state index contributed by atoms with van der Waals surface area (Å²) in [4.78, 5) is 14.9. The topological polar surface area (TPSA) is 56.3 Å². The molecule has 4 nitrogen and oxygen atoms in total. The van der Waals surface area contributed by atoms with Crippen LogP contribution in [-0.4, -0.2) is 35.9 Å². The minimum absolute atomic E-state index is 0.228. The molecule has 81 heavy (non-hydrogen) atoms. The number of aromatic nitrogens is 2. The maximum absolute atomic E-state index is 16.4. The molecular weight excluding hydrogens is 1150 g/mol. The number of fused-ring (bicyclic) bond motifs is 8. The molecule has 3 aromatic heterocycles. The number of rotatable bonds is 5. The number of allylic oxidation sites excluding steroid dienone is 4. The van der Waals surface area contributed by atoms with Crippen LogP contribution in [0.4, 0.5) is 65.9 Å². The Balaban J connectivity index is 1.35. The van der Waals surface area contributed by atoms with Gasteiger partial charge in [0.15, 0.2) is 11.6 Å². The Kier molecular flexibility index (Phi) is 13.5. The van der Waals surface area contributed by atoms with Crippen molar-refractivity contribution in [3.8, 4) is 0 Å². The third-order valence-electron chi connectivity index (χ3n) is 14.3. The van der Waals surface area contributed by atoms with Crippen molar-refractivity contribution in [2.24, 2.45) is 9.98 Å². The van der Waals surface area contributed by atoms with E-state index >= 15 is 52.7 Å². The van der Waals surface area contributed by atoms with E-state index in [-0.39, 0.29) is 22.8 Å². The van der Waals surface area contributed by atoms with Gasteiger partial charge in [0, 0.05) is 0 Å². The van der Waals surface area contributed by atoms with Gasteiger partial charge in [-0.25, -0.2) is 22.0 Å². The second-order valence-electron chi connectivity index (χ2n) is 19.6. The van der Waals surface area contributed by atoms with E-state index in [2.05, 4.69) is 20.0 Å². The SMILES string of the molecule is Cc1cc(C)c(/C2=c3\cc/c([se]3)=C(\c3c(C)cc(C)cc3C)c3ccc([nH]3)/C(c3c(F)c(F)c(F)c(F)c3F)=C3/C=CC(=N3)C(c3c(F)c(F)c(F)c(F)c3F)C3=N/C(=C(/c4c(F)c(F)c(F)c(F)c4F)c4ccc2[nH]4)C=C3)c(C)c1. The first-order chi connectivity index (χ1) is 38.4. The molecule has 11 rings (SSSR count). The molecule has 0 radical (unpaired) electrons. The number of benzene rings is 5. The molecule has 5 aromatic carbocycles. The van der Waals surface area contributed by atoms with E-state index in [9.17, 15) is 13.2 Å². The average molecular weight is 1190 g/mol. The molecule has 0 saturated carbocycles. The molecule has 410 valence electrons. The Morgan fingerprint density at radius 1 is 0.333 bits per heavy atom. The van der Waals surface area contributed by atoms with E-state index < -0.39 is 158 Å². The van der Waals surface area contributed by atoms with Crippen LogP contribution in [0.15, 0.2) is 106 Å². The molecule has 3 aliphatic rings. The van der Waals surface area contributed by atoms with Crippen LogP contribution in [0.25, 0.3) is 22.3 Å². The van der Waals surface area contributed by atoms with Crippen molar-refractivity contribution in [3.63, 3.8) is 0 Å². The third-order valence-corrected chi connectivity index (χ3v) is 16.6. The zero-order valence-electron chi connectivity index (χ0n) is 42.6. The van der Waals surface area contributed by atoms with Gasteiger partial charge in [-0.05, 0) is 0 Å². The molecule has 0 atom stereocenters. The fourth-order valence-electron chi connectivity index (χ4n) is 11.0. The van der Waals surface area contributed by atoms with Gasteiger partial charge >= 0.3 is 418 Å². The van der Waals surface area contributed by atoms with Crippen molar-refractivity contribution >= 4 is 48.2 Å². The number of aliphatic imine (C=N–C) groups is 2. The van der Waals surface area contributed by atoms with Gasteiger partial charge in [-0.3, -0.25) is 0 Å². The van der Waals surface area contributed by atoms with Crippen molar-refractivity contribution in [2.45, 2.75) is 47.5 Å². The van der Waals surface area contributed by atoms with Gasteiger partial charge in [-0.15, -0.1) is 0 Å². The van der Waals surface area contributed by atoms with Crippen molar-refractivity contribution < 1.29 is 65.9 Å². The van der Waals surface area contributed by atoms with E-state index in [4.69, 9.17) is 0 Å². The van der Waals surface area contributed by atoms with Crippen LogP contribution in [0.2, 0.25) is 0 Å². The predicted octanol–water partition coefficient (Wildman–Crippen LogP) is 14.2. The van der Waals surface area contributed by atoms with Crippen LogP contribution in [0, 0.1) is 129 Å². The zero-order chi connectivity index (χ0) is 58.1. The summed E-state index contributed by atoms with van der Waals surface area (Å²) in [6.45, 7) is 11.1. The van der Waals surface area contributed by atoms with Crippen LogP contribution < -0.4 is 8.19 Å². The Labute approximate surface area is 455 Å². The molecule has 0 amide bonds. The number of aromatic amines is 2. The average Bonchev–Trinajstić information content (AvgIpc) is 3.85. The Morgan fingerprint density at radius 2 is 0.617 bits per heavy atom. The van der Waals surface area contributed by atoms with E-state index in [1.165, 1.54) is 24.3 Å². The summed E-state index contributed by atoms with van der Waals surface area (Å²) in [6.07, 6.45) is 3.51. The van der Waals surface area contributed by atoms with E-state index in [1.54, 1.807) is 0 Å². The van der Waals surface area contributed by atoms with Gasteiger partial charge in [0.2, 0.25) is 5.82 Å². The molecule has 8 aromatic rings. The maximum atomic E-state index is 16.4. The minimum atomic E-state index is -2.61. The number of halogens is 15. The molecular formula is C61H35F15N4Se. The van der Waals surface area contributed by atoms with Gasteiger partial charge in [-0.1, -0.05) is 0 Å². The van der Waals surface area contributed by atoms with Crippen LogP contribution in [0.5, 0.6) is 0 Å². The molecule has 0 unspecified atom stereocenters. The first kappa shape index (κ1) is 54.6. The van der Waals surface area contributed by atoms with Gasteiger partial charge in [0.1, 0.15) is 0 Å². The molecule has 2 N–H and O–H groups in total. The number of hydrogen-bond donors (Lipinski definition) is 2. The summed E-state index contributed by atoms with van der Waals surface area (Å²) in [6, 6.07) is 16.7. The summed E-state index contributed by atoms with van der Waals surface area (Å²) < 4.78 is 236. The first-order valence-electron chi connectivity index (χ1n) is 24.4. The molecule has 0 aliphatic carbocycles. The predicted molar refractivity (Wildman–Crippen MR) is 275 cm³/mol. The summed E-state index contributed by atoms with van der Waals surface area (Å²) in [7, 11) is 0. The number of nitrogens with one attached hydrogen (secondary N) is 2. The third kappa shape index (κ3) is 8.63. The quantitative estimate of drug-likeness (QED) is 0.0747. The fourth-order valence-corrected chi connectivity index (χ4v) is 13.4. The van der Waals surface area contributed by atoms with Crippen molar-refractivity contribution in [2.75, 3.05) is 0 Å². The van der Waals surface area contributed by atoms with Gasteiger partial charge in [0.05, 0.1) is 0 Å². The number of aryl methyl sites for hydroxylation is 6. The van der Waals surface area contributed by atoms with E-state index in [0.29, 0.717) is 30.5 Å². The molecule has 20 heteroatoms. The summed E-state index contributed by atoms with van der Waals surface area (Å²) in [5.41, 5.74) is -2.65. The molecule has 3 aliphatic heterocycles. The molecule has 0 spiro atoms. The van der Waals surface area contributed by atoms with Gasteiger partial charge < -0.3 is 0 Å². The van der Waals surface area contributed by atoms with Crippen molar-refractivity contribution in [1.29, 1.82) is 0 Å². The molecule has 0 fully saturated rings. The standard InChI is InChI=1S/C61H35F15N4Se/c1-21-17-23(3)37(24(4)18-21)42-33-13-11-31(79-33)40(45-49(64)55(70)60(75)56(71)50(45)65)29-9-7-27(77-29)39(44-47(62)53(68)59(74)54(69)48(44)63)28-8-10-30(78-28)41(46-51(66)57(72)61(76)58(73)52(46)67)32-12-14-34(80-32)43(36-16-15-35(42)81-36)38-25(5)19-22(2)20-26(38)6/h7-20,39,79-80H,1-6H3/b40-29+,41-30+,42-35+,43-36+. The summed E-state index contributed by atoms with van der Waals surface area (Å²) in [5.74, 6) is -38.9. The van der Waals surface area contributed by atoms with E-state index in [1.807, 2.05) is 77.9 Å². The van der Waals surface area contributed by atoms with Crippen molar-refractivity contribution in [1.82, 2.24) is 9.97 Å². The summed E-state index contributed by atoms with van der Waals surface area (Å²) >= 11 is -0.749. The van der Waals surface area contributed by atoms with Crippen LogP contribution >= 0.6 is 0 Å². The number of H-pyrrole nitrogens is 2. The monoisotopic (exact) mass is 1190 g/mol. The molecule has 6 heterocycles. The Hall–Kier alpha value is -8.35. The summed E-state index contributed by atoms with van der Waals surface area (Å²) in [5, 5.41) is 0. The van der Waals surface area contributed by atoms with Crippen LogP contribution in [-0.2, 0) is 0 Å². The second kappa shape index (κ2) is 20.0.